The van der Waals surface area contributed by atoms with Crippen LogP contribution in [0.25, 0.3) is 0 Å². The maximum absolute atomic E-state index is 12.5. The average molecular weight is 306 g/mol. The fourth-order valence-corrected chi connectivity index (χ4v) is 2.66. The molecular weight excluding hydrogens is 288 g/mol. The molecule has 2 rings (SSSR count). The number of piperidine rings is 1. The molecule has 7 heteroatoms. The monoisotopic (exact) mass is 306 g/mol. The maximum atomic E-state index is 12.5. The van der Waals surface area contributed by atoms with Crippen LogP contribution in [0.2, 0.25) is 0 Å². The summed E-state index contributed by atoms with van der Waals surface area (Å²) in [6.45, 7) is 2.64. The van der Waals surface area contributed by atoms with Gasteiger partial charge in [-0.25, -0.2) is 0 Å². The molecule has 0 bridgehead atoms. The van der Waals surface area contributed by atoms with E-state index in [0.29, 0.717) is 37.1 Å². The first-order chi connectivity index (χ1) is 10.4. The van der Waals surface area contributed by atoms with Crippen molar-refractivity contribution in [3.63, 3.8) is 0 Å². The number of methoxy groups -OCH3 is 1. The maximum Gasteiger partial charge on any atom is 0.308 e. The van der Waals surface area contributed by atoms with Gasteiger partial charge in [-0.3, -0.25) is 19.7 Å². The third kappa shape index (κ3) is 3.24. The molecule has 1 aromatic carbocycles. The Morgan fingerprint density at radius 2 is 1.95 bits per heavy atom. The Morgan fingerprint density at radius 1 is 1.32 bits per heavy atom. The van der Waals surface area contributed by atoms with Crippen molar-refractivity contribution in [2.24, 2.45) is 5.92 Å². The first-order valence-corrected chi connectivity index (χ1v) is 7.06. The number of benzene rings is 1. The molecule has 0 atom stereocenters. The first-order valence-electron chi connectivity index (χ1n) is 7.06. The van der Waals surface area contributed by atoms with Crippen molar-refractivity contribution in [1.82, 2.24) is 4.90 Å². The van der Waals surface area contributed by atoms with Crippen LogP contribution in [-0.4, -0.2) is 41.9 Å². The van der Waals surface area contributed by atoms with E-state index in [9.17, 15) is 19.7 Å². The third-order valence-electron chi connectivity index (χ3n) is 3.97. The summed E-state index contributed by atoms with van der Waals surface area (Å²) in [6, 6.07) is 4.22. The fraction of sp³-hybridized carbons (Fsp3) is 0.467. The zero-order valence-corrected chi connectivity index (χ0v) is 12.6. The molecule has 22 heavy (non-hydrogen) atoms. The van der Waals surface area contributed by atoms with E-state index in [0.717, 1.165) is 0 Å². The van der Waals surface area contributed by atoms with Crippen molar-refractivity contribution in [3.05, 3.63) is 39.4 Å². The van der Waals surface area contributed by atoms with Crippen molar-refractivity contribution in [1.29, 1.82) is 0 Å². The predicted octanol–water partition coefficient (Wildman–Crippen LogP) is 1.93. The number of nitro groups is 1. The van der Waals surface area contributed by atoms with E-state index in [1.807, 2.05) is 0 Å². The van der Waals surface area contributed by atoms with Crippen LogP contribution in [0.4, 0.5) is 5.69 Å². The summed E-state index contributed by atoms with van der Waals surface area (Å²) in [5, 5.41) is 10.7. The highest BCUT2D eigenvalue weighted by atomic mass is 16.6. The second-order valence-electron chi connectivity index (χ2n) is 5.35. The lowest BCUT2D eigenvalue weighted by atomic mass is 9.96. The van der Waals surface area contributed by atoms with Crippen LogP contribution in [0.3, 0.4) is 0 Å². The summed E-state index contributed by atoms with van der Waals surface area (Å²) in [5.74, 6) is -0.554. The molecule has 0 spiro atoms. The Morgan fingerprint density at radius 3 is 2.45 bits per heavy atom. The van der Waals surface area contributed by atoms with E-state index in [2.05, 4.69) is 0 Å². The van der Waals surface area contributed by atoms with E-state index >= 15 is 0 Å². The van der Waals surface area contributed by atoms with E-state index in [4.69, 9.17) is 4.74 Å². The number of nitro benzene ring substituents is 1. The lowest BCUT2D eigenvalue weighted by Crippen LogP contribution is -2.40. The number of amides is 1. The average Bonchev–Trinajstić information content (AvgIpc) is 2.53. The molecular formula is C15H18N2O5. The summed E-state index contributed by atoms with van der Waals surface area (Å²) < 4.78 is 4.72. The molecule has 1 saturated heterocycles. The number of nitrogens with zero attached hydrogens (tertiary/aromatic N) is 2. The van der Waals surface area contributed by atoms with Crippen molar-refractivity contribution in [3.8, 4) is 0 Å². The van der Waals surface area contributed by atoms with Gasteiger partial charge in [0.2, 0.25) is 0 Å². The topological polar surface area (TPSA) is 89.8 Å². The van der Waals surface area contributed by atoms with Gasteiger partial charge in [0.1, 0.15) is 0 Å². The number of carbonyl (C=O) groups excluding carboxylic acids is 2. The molecule has 118 valence electrons. The number of non-ortho nitro benzene ring substituents is 1. The molecule has 0 aromatic heterocycles. The number of aryl methyl sites for hydroxylation is 1. The molecule has 1 aromatic rings. The second-order valence-corrected chi connectivity index (χ2v) is 5.35. The van der Waals surface area contributed by atoms with E-state index < -0.39 is 4.92 Å². The number of rotatable bonds is 3. The zero-order chi connectivity index (χ0) is 16.3. The molecule has 0 N–H and O–H groups in total. The quantitative estimate of drug-likeness (QED) is 0.483. The molecule has 1 aliphatic heterocycles. The van der Waals surface area contributed by atoms with Gasteiger partial charge in [-0.15, -0.1) is 0 Å². The van der Waals surface area contributed by atoms with E-state index in [-0.39, 0.29) is 23.5 Å². The van der Waals surface area contributed by atoms with Gasteiger partial charge in [-0.1, -0.05) is 0 Å². The minimum Gasteiger partial charge on any atom is -0.469 e. The molecule has 1 heterocycles. The number of esters is 1. The van der Waals surface area contributed by atoms with Gasteiger partial charge >= 0.3 is 5.97 Å². The number of hydrogen-bond donors (Lipinski definition) is 0. The lowest BCUT2D eigenvalue weighted by Gasteiger charge is -2.31. The minimum absolute atomic E-state index is 0.0292. The van der Waals surface area contributed by atoms with Gasteiger partial charge in [0.05, 0.1) is 18.0 Å². The lowest BCUT2D eigenvalue weighted by molar-refractivity contribution is -0.384. The van der Waals surface area contributed by atoms with Gasteiger partial charge in [0.15, 0.2) is 0 Å². The Kier molecular flexibility index (Phi) is 4.75. The van der Waals surface area contributed by atoms with Crippen LogP contribution in [0.15, 0.2) is 18.2 Å². The molecule has 0 radical (unpaired) electrons. The summed E-state index contributed by atoms with van der Waals surface area (Å²) in [7, 11) is 1.36. The van der Waals surface area contributed by atoms with Gasteiger partial charge in [0.25, 0.3) is 11.6 Å². The SMILES string of the molecule is COC(=O)C1CCN(C(=O)c2ccc([N+](=O)[O-])cc2C)CC1. The van der Waals surface area contributed by atoms with E-state index in [1.54, 1.807) is 11.8 Å². The molecule has 1 fully saturated rings. The Balaban J connectivity index is 2.07. The zero-order valence-electron chi connectivity index (χ0n) is 12.6. The highest BCUT2D eigenvalue weighted by molar-refractivity contribution is 5.96. The highest BCUT2D eigenvalue weighted by Gasteiger charge is 2.29. The normalized spacial score (nSPS) is 15.5. The number of likely N-dealkylation sites (tertiary alicyclic amines) is 1. The van der Waals surface area contributed by atoms with Crippen LogP contribution in [0, 0.1) is 23.0 Å². The summed E-state index contributed by atoms with van der Waals surface area (Å²) >= 11 is 0. The Bertz CT molecular complexity index is 606. The van der Waals surface area contributed by atoms with Crippen molar-refractivity contribution in [2.75, 3.05) is 20.2 Å². The summed E-state index contributed by atoms with van der Waals surface area (Å²) in [6.07, 6.45) is 1.15. The molecule has 1 amide bonds. The van der Waals surface area contributed by atoms with E-state index in [1.165, 1.54) is 25.3 Å². The Labute approximate surface area is 128 Å². The third-order valence-corrected chi connectivity index (χ3v) is 3.97. The highest BCUT2D eigenvalue weighted by Crippen LogP contribution is 2.23. The van der Waals surface area contributed by atoms with Gasteiger partial charge in [0, 0.05) is 30.8 Å². The number of ether oxygens (including phenoxy) is 1. The summed E-state index contributed by atoms with van der Waals surface area (Å²) in [4.78, 5) is 35.9. The van der Waals surface area contributed by atoms with Gasteiger partial charge in [-0.2, -0.15) is 0 Å². The number of carbonyl (C=O) groups is 2. The standard InChI is InChI=1S/C15H18N2O5/c1-10-9-12(17(20)21)3-4-13(10)14(18)16-7-5-11(6-8-16)15(19)22-2/h3-4,9,11H,5-8H2,1-2H3. The second kappa shape index (κ2) is 6.55. The predicted molar refractivity (Wildman–Crippen MR) is 78.5 cm³/mol. The molecule has 1 aliphatic rings. The molecule has 0 unspecified atom stereocenters. The molecule has 0 aliphatic carbocycles. The first kappa shape index (κ1) is 15.9. The largest absolute Gasteiger partial charge is 0.469 e. The smallest absolute Gasteiger partial charge is 0.308 e. The fourth-order valence-electron chi connectivity index (χ4n) is 2.66. The van der Waals surface area contributed by atoms with Crippen LogP contribution >= 0.6 is 0 Å². The van der Waals surface area contributed by atoms with Crippen molar-refractivity contribution < 1.29 is 19.2 Å². The number of hydrogen-bond acceptors (Lipinski definition) is 5. The summed E-state index contributed by atoms with van der Waals surface area (Å²) in [5.41, 5.74) is 1.01. The van der Waals surface area contributed by atoms with Crippen LogP contribution < -0.4 is 0 Å². The van der Waals surface area contributed by atoms with Crippen LogP contribution in [0.1, 0.15) is 28.8 Å². The molecule has 0 saturated carbocycles. The Hall–Kier alpha value is -2.44. The van der Waals surface area contributed by atoms with Crippen LogP contribution in [0.5, 0.6) is 0 Å². The van der Waals surface area contributed by atoms with Crippen molar-refractivity contribution in [2.45, 2.75) is 19.8 Å². The molecule has 7 nitrogen and oxygen atoms in total. The van der Waals surface area contributed by atoms with Crippen LogP contribution in [-0.2, 0) is 9.53 Å². The minimum atomic E-state index is -0.483. The van der Waals surface area contributed by atoms with Crippen molar-refractivity contribution >= 4 is 17.6 Å². The van der Waals surface area contributed by atoms with Gasteiger partial charge in [-0.05, 0) is 31.4 Å². The van der Waals surface area contributed by atoms with Gasteiger partial charge < -0.3 is 9.64 Å².